The number of fused-ring (bicyclic) bond motifs is 1. The van der Waals surface area contributed by atoms with Crippen molar-refractivity contribution in [3.05, 3.63) is 69.5 Å². The Morgan fingerprint density at radius 2 is 1.95 bits per heavy atom. The lowest BCUT2D eigenvalue weighted by Gasteiger charge is -2.11. The number of rotatable bonds is 1. The van der Waals surface area contributed by atoms with Crippen LogP contribution >= 0.6 is 11.6 Å². The fraction of sp³-hybridized carbons (Fsp3) is 0.0667. The molecule has 3 aromatic rings. The number of halogens is 2. The van der Waals surface area contributed by atoms with Crippen LogP contribution in [0.25, 0.3) is 16.6 Å². The van der Waals surface area contributed by atoms with Gasteiger partial charge >= 0.3 is 0 Å². The van der Waals surface area contributed by atoms with E-state index in [4.69, 9.17) is 11.6 Å². The second kappa shape index (κ2) is 4.72. The van der Waals surface area contributed by atoms with Gasteiger partial charge in [-0.15, -0.1) is 0 Å². The van der Waals surface area contributed by atoms with Crippen molar-refractivity contribution in [2.75, 3.05) is 0 Å². The van der Waals surface area contributed by atoms with Gasteiger partial charge in [0.1, 0.15) is 11.6 Å². The SMILES string of the molecule is Cc1nc2ccccc2c(=O)n1-c1ccc(F)c(Cl)c1. The molecule has 0 spiro atoms. The van der Waals surface area contributed by atoms with Crippen LogP contribution in [0.1, 0.15) is 5.82 Å². The van der Waals surface area contributed by atoms with Gasteiger partial charge in [0.2, 0.25) is 0 Å². The molecule has 1 heterocycles. The standard InChI is InChI=1S/C15H10ClFN2O/c1-9-18-14-5-3-2-4-11(14)15(20)19(9)10-6-7-13(17)12(16)8-10/h2-8H,1H3. The third-order valence-electron chi connectivity index (χ3n) is 3.10. The molecule has 0 fully saturated rings. The Hall–Kier alpha value is -2.20. The summed E-state index contributed by atoms with van der Waals surface area (Å²) in [5, 5.41) is 0.487. The number of aryl methyl sites for hydroxylation is 1. The van der Waals surface area contributed by atoms with E-state index in [1.165, 1.54) is 22.8 Å². The van der Waals surface area contributed by atoms with E-state index in [2.05, 4.69) is 4.98 Å². The summed E-state index contributed by atoms with van der Waals surface area (Å²) in [5.41, 5.74) is 0.937. The Balaban J connectivity index is 2.36. The van der Waals surface area contributed by atoms with E-state index >= 15 is 0 Å². The van der Waals surface area contributed by atoms with Gasteiger partial charge in [-0.05, 0) is 37.3 Å². The van der Waals surface area contributed by atoms with Crippen LogP contribution in [0, 0.1) is 12.7 Å². The summed E-state index contributed by atoms with van der Waals surface area (Å²) in [5.74, 6) is 0.00578. The molecule has 0 radical (unpaired) electrons. The van der Waals surface area contributed by atoms with E-state index in [9.17, 15) is 9.18 Å². The number of hydrogen-bond acceptors (Lipinski definition) is 2. The molecule has 0 aliphatic carbocycles. The van der Waals surface area contributed by atoms with Gasteiger partial charge < -0.3 is 0 Å². The van der Waals surface area contributed by atoms with Crippen molar-refractivity contribution in [3.63, 3.8) is 0 Å². The highest BCUT2D eigenvalue weighted by atomic mass is 35.5. The lowest BCUT2D eigenvalue weighted by atomic mass is 10.2. The minimum absolute atomic E-state index is 0.0260. The maximum absolute atomic E-state index is 13.2. The highest BCUT2D eigenvalue weighted by Gasteiger charge is 2.10. The highest BCUT2D eigenvalue weighted by Crippen LogP contribution is 2.19. The van der Waals surface area contributed by atoms with E-state index in [1.807, 2.05) is 6.07 Å². The number of benzene rings is 2. The molecule has 1 aromatic heterocycles. The van der Waals surface area contributed by atoms with Gasteiger partial charge in [-0.25, -0.2) is 9.37 Å². The Morgan fingerprint density at radius 3 is 2.70 bits per heavy atom. The van der Waals surface area contributed by atoms with Crippen LogP contribution in [0.5, 0.6) is 0 Å². The molecule has 0 amide bonds. The molecule has 0 atom stereocenters. The van der Waals surface area contributed by atoms with Crippen LogP contribution in [0.2, 0.25) is 5.02 Å². The van der Waals surface area contributed by atoms with Crippen LogP contribution in [-0.2, 0) is 0 Å². The van der Waals surface area contributed by atoms with Gasteiger partial charge in [-0.3, -0.25) is 9.36 Å². The molecule has 3 nitrogen and oxygen atoms in total. The third-order valence-corrected chi connectivity index (χ3v) is 3.39. The molecular weight excluding hydrogens is 279 g/mol. The minimum Gasteiger partial charge on any atom is -0.268 e. The van der Waals surface area contributed by atoms with Crippen LogP contribution in [0.15, 0.2) is 47.3 Å². The molecule has 20 heavy (non-hydrogen) atoms. The zero-order valence-electron chi connectivity index (χ0n) is 10.6. The molecule has 0 aliphatic rings. The molecule has 2 aromatic carbocycles. The fourth-order valence-corrected chi connectivity index (χ4v) is 2.35. The predicted octanol–water partition coefficient (Wildman–Crippen LogP) is 3.49. The molecule has 100 valence electrons. The Labute approximate surface area is 119 Å². The van der Waals surface area contributed by atoms with Crippen molar-refractivity contribution in [1.29, 1.82) is 0 Å². The maximum Gasteiger partial charge on any atom is 0.265 e. The second-order valence-corrected chi connectivity index (χ2v) is 4.82. The van der Waals surface area contributed by atoms with E-state index in [1.54, 1.807) is 25.1 Å². The summed E-state index contributed by atoms with van der Waals surface area (Å²) in [6, 6.07) is 11.3. The van der Waals surface area contributed by atoms with Crippen molar-refractivity contribution < 1.29 is 4.39 Å². The van der Waals surface area contributed by atoms with Crippen LogP contribution in [0.3, 0.4) is 0 Å². The van der Waals surface area contributed by atoms with Gasteiger partial charge in [0, 0.05) is 0 Å². The van der Waals surface area contributed by atoms with Gasteiger partial charge in [0.05, 0.1) is 21.6 Å². The molecule has 0 bridgehead atoms. The summed E-state index contributed by atoms with van der Waals surface area (Å²) in [7, 11) is 0. The first-order valence-electron chi connectivity index (χ1n) is 6.02. The van der Waals surface area contributed by atoms with Crippen LogP contribution < -0.4 is 5.56 Å². The number of para-hydroxylation sites is 1. The average molecular weight is 289 g/mol. The number of nitrogens with zero attached hydrogens (tertiary/aromatic N) is 2. The number of aromatic nitrogens is 2. The lowest BCUT2D eigenvalue weighted by molar-refractivity contribution is 0.627. The predicted molar refractivity (Wildman–Crippen MR) is 77.0 cm³/mol. The normalized spacial score (nSPS) is 10.9. The topological polar surface area (TPSA) is 34.9 Å². The zero-order valence-corrected chi connectivity index (χ0v) is 11.4. The van der Waals surface area contributed by atoms with E-state index in [0.29, 0.717) is 22.4 Å². The third kappa shape index (κ3) is 1.98. The Bertz CT molecular complexity index is 873. The van der Waals surface area contributed by atoms with Crippen molar-refractivity contribution >= 4 is 22.5 Å². The maximum atomic E-state index is 13.2. The smallest absolute Gasteiger partial charge is 0.265 e. The van der Waals surface area contributed by atoms with Gasteiger partial charge in [-0.1, -0.05) is 23.7 Å². The van der Waals surface area contributed by atoms with Crippen molar-refractivity contribution in [1.82, 2.24) is 9.55 Å². The van der Waals surface area contributed by atoms with E-state index < -0.39 is 5.82 Å². The molecule has 0 saturated carbocycles. The van der Waals surface area contributed by atoms with E-state index in [-0.39, 0.29) is 10.6 Å². The van der Waals surface area contributed by atoms with Crippen LogP contribution in [0.4, 0.5) is 4.39 Å². The van der Waals surface area contributed by atoms with Crippen LogP contribution in [-0.4, -0.2) is 9.55 Å². The average Bonchev–Trinajstić information content (AvgIpc) is 2.43. The zero-order chi connectivity index (χ0) is 14.3. The summed E-state index contributed by atoms with van der Waals surface area (Å²) in [6.07, 6.45) is 0. The summed E-state index contributed by atoms with van der Waals surface area (Å²) in [4.78, 5) is 16.9. The molecule has 0 N–H and O–H groups in total. The lowest BCUT2D eigenvalue weighted by Crippen LogP contribution is -2.22. The minimum atomic E-state index is -0.519. The van der Waals surface area contributed by atoms with E-state index in [0.717, 1.165) is 0 Å². The number of hydrogen-bond donors (Lipinski definition) is 0. The summed E-state index contributed by atoms with van der Waals surface area (Å²) < 4.78 is 14.7. The second-order valence-electron chi connectivity index (χ2n) is 4.42. The molecule has 0 aliphatic heterocycles. The highest BCUT2D eigenvalue weighted by molar-refractivity contribution is 6.30. The monoisotopic (exact) mass is 288 g/mol. The molecule has 5 heteroatoms. The van der Waals surface area contributed by atoms with Gasteiger partial charge in [0.15, 0.2) is 0 Å². The van der Waals surface area contributed by atoms with Crippen molar-refractivity contribution in [2.24, 2.45) is 0 Å². The summed E-state index contributed by atoms with van der Waals surface area (Å²) >= 11 is 5.78. The first-order valence-corrected chi connectivity index (χ1v) is 6.39. The van der Waals surface area contributed by atoms with Crippen molar-refractivity contribution in [3.8, 4) is 5.69 Å². The molecule has 0 unspecified atom stereocenters. The quantitative estimate of drug-likeness (QED) is 0.687. The van der Waals surface area contributed by atoms with Gasteiger partial charge in [0.25, 0.3) is 5.56 Å². The molecule has 3 rings (SSSR count). The Morgan fingerprint density at radius 1 is 1.20 bits per heavy atom. The van der Waals surface area contributed by atoms with Gasteiger partial charge in [-0.2, -0.15) is 0 Å². The molecule has 0 saturated heterocycles. The summed E-state index contributed by atoms with van der Waals surface area (Å²) in [6.45, 7) is 1.73. The van der Waals surface area contributed by atoms with Crippen molar-refractivity contribution in [2.45, 2.75) is 6.92 Å². The Kier molecular flexibility index (Phi) is 3.03. The molecular formula is C15H10ClFN2O. The largest absolute Gasteiger partial charge is 0.268 e. The first-order chi connectivity index (χ1) is 9.58. The first kappa shape index (κ1) is 12.8. The fourth-order valence-electron chi connectivity index (χ4n) is 2.17.